The standard InChI is InChI=1S/C16H18N2O2/c17-9-11-5-7-12(8-6-11)10-18-15(19)13-3-1-2-4-14(13)16(18)20/h1-2,5-8,13-14H,3-4,9-10,17H2/t13-,14+. The Labute approximate surface area is 118 Å². The predicted octanol–water partition coefficient (Wildman–Crippen LogP) is 1.60. The SMILES string of the molecule is NCc1ccc(CN2C(=O)[C@H]3CC=CC[C@H]3C2=O)cc1. The molecule has 1 heterocycles. The largest absolute Gasteiger partial charge is 0.326 e. The summed E-state index contributed by atoms with van der Waals surface area (Å²) in [6, 6.07) is 7.75. The minimum absolute atomic E-state index is 0.0211. The van der Waals surface area contributed by atoms with E-state index in [1.807, 2.05) is 36.4 Å². The zero-order valence-corrected chi connectivity index (χ0v) is 11.3. The number of nitrogens with zero attached hydrogens (tertiary/aromatic N) is 1. The summed E-state index contributed by atoms with van der Waals surface area (Å²) in [7, 11) is 0. The number of amides is 2. The van der Waals surface area contributed by atoms with Crippen molar-refractivity contribution in [1.82, 2.24) is 4.90 Å². The molecule has 2 atom stereocenters. The first-order valence-electron chi connectivity index (χ1n) is 6.99. The number of hydrogen-bond acceptors (Lipinski definition) is 3. The molecule has 0 radical (unpaired) electrons. The lowest BCUT2D eigenvalue weighted by Crippen LogP contribution is -2.30. The molecule has 4 heteroatoms. The van der Waals surface area contributed by atoms with Crippen LogP contribution in [0.3, 0.4) is 0 Å². The molecular weight excluding hydrogens is 252 g/mol. The fourth-order valence-electron chi connectivity index (χ4n) is 2.99. The van der Waals surface area contributed by atoms with Gasteiger partial charge in [-0.15, -0.1) is 0 Å². The summed E-state index contributed by atoms with van der Waals surface area (Å²) < 4.78 is 0. The smallest absolute Gasteiger partial charge is 0.233 e. The van der Waals surface area contributed by atoms with E-state index in [1.54, 1.807) is 0 Å². The Kier molecular flexibility index (Phi) is 3.40. The van der Waals surface area contributed by atoms with Crippen molar-refractivity contribution in [3.8, 4) is 0 Å². The second-order valence-electron chi connectivity index (χ2n) is 5.44. The zero-order chi connectivity index (χ0) is 14.1. The molecule has 2 aliphatic rings. The highest BCUT2D eigenvalue weighted by atomic mass is 16.2. The Morgan fingerprint density at radius 3 is 1.95 bits per heavy atom. The van der Waals surface area contributed by atoms with Crippen molar-refractivity contribution in [1.29, 1.82) is 0 Å². The van der Waals surface area contributed by atoms with Crippen LogP contribution in [0.2, 0.25) is 0 Å². The molecule has 2 N–H and O–H groups in total. The number of carbonyl (C=O) groups is 2. The van der Waals surface area contributed by atoms with Crippen LogP contribution in [-0.2, 0) is 22.7 Å². The molecule has 1 fully saturated rings. The second kappa shape index (κ2) is 5.21. The van der Waals surface area contributed by atoms with Gasteiger partial charge in [-0.3, -0.25) is 14.5 Å². The van der Waals surface area contributed by atoms with E-state index in [-0.39, 0.29) is 23.7 Å². The van der Waals surface area contributed by atoms with Crippen LogP contribution in [0.15, 0.2) is 36.4 Å². The molecule has 3 rings (SSSR count). The van der Waals surface area contributed by atoms with Crippen molar-refractivity contribution < 1.29 is 9.59 Å². The van der Waals surface area contributed by atoms with E-state index >= 15 is 0 Å². The lowest BCUT2D eigenvalue weighted by molar-refractivity contribution is -0.140. The third-order valence-corrected chi connectivity index (χ3v) is 4.20. The van der Waals surface area contributed by atoms with E-state index in [2.05, 4.69) is 0 Å². The maximum atomic E-state index is 12.3. The molecule has 4 nitrogen and oxygen atoms in total. The molecule has 2 amide bonds. The molecule has 1 aromatic carbocycles. The monoisotopic (exact) mass is 270 g/mol. The van der Waals surface area contributed by atoms with Gasteiger partial charge in [-0.05, 0) is 24.0 Å². The van der Waals surface area contributed by atoms with Gasteiger partial charge in [0.15, 0.2) is 0 Å². The number of carbonyl (C=O) groups excluding carboxylic acids is 2. The molecular formula is C16H18N2O2. The average Bonchev–Trinajstić information content (AvgIpc) is 2.74. The van der Waals surface area contributed by atoms with Crippen molar-refractivity contribution in [2.45, 2.75) is 25.9 Å². The molecule has 20 heavy (non-hydrogen) atoms. The first-order valence-corrected chi connectivity index (χ1v) is 6.99. The Morgan fingerprint density at radius 2 is 1.45 bits per heavy atom. The molecule has 0 bridgehead atoms. The summed E-state index contributed by atoms with van der Waals surface area (Å²) in [5, 5.41) is 0. The molecule has 0 aromatic heterocycles. The lowest BCUT2D eigenvalue weighted by atomic mass is 9.85. The normalized spacial score (nSPS) is 25.1. The summed E-state index contributed by atoms with van der Waals surface area (Å²) in [6.07, 6.45) is 5.40. The Balaban J connectivity index is 1.77. The molecule has 104 valence electrons. The maximum absolute atomic E-state index is 12.3. The third kappa shape index (κ3) is 2.16. The van der Waals surface area contributed by atoms with Crippen LogP contribution in [0, 0.1) is 11.8 Å². The van der Waals surface area contributed by atoms with Crippen molar-refractivity contribution in [3.63, 3.8) is 0 Å². The average molecular weight is 270 g/mol. The highest BCUT2D eigenvalue weighted by molar-refractivity contribution is 6.05. The van der Waals surface area contributed by atoms with E-state index in [0.717, 1.165) is 11.1 Å². The summed E-state index contributed by atoms with van der Waals surface area (Å²) in [4.78, 5) is 26.1. The number of likely N-dealkylation sites (tertiary alicyclic amines) is 1. The van der Waals surface area contributed by atoms with Gasteiger partial charge in [-0.2, -0.15) is 0 Å². The van der Waals surface area contributed by atoms with Crippen LogP contribution >= 0.6 is 0 Å². The van der Waals surface area contributed by atoms with E-state index in [0.29, 0.717) is 25.9 Å². The van der Waals surface area contributed by atoms with Gasteiger partial charge in [0.05, 0.1) is 18.4 Å². The summed E-state index contributed by atoms with van der Waals surface area (Å²) in [6.45, 7) is 0.868. The topological polar surface area (TPSA) is 63.4 Å². The number of fused-ring (bicyclic) bond motifs is 1. The van der Waals surface area contributed by atoms with E-state index in [4.69, 9.17) is 5.73 Å². The summed E-state index contributed by atoms with van der Waals surface area (Å²) in [5.74, 6) is -0.328. The van der Waals surface area contributed by atoms with Crippen molar-refractivity contribution in [2.24, 2.45) is 17.6 Å². The maximum Gasteiger partial charge on any atom is 0.233 e. The molecule has 0 saturated carbocycles. The fourth-order valence-corrected chi connectivity index (χ4v) is 2.99. The van der Waals surface area contributed by atoms with Gasteiger partial charge in [0.1, 0.15) is 0 Å². The molecule has 0 unspecified atom stereocenters. The quantitative estimate of drug-likeness (QED) is 0.670. The van der Waals surface area contributed by atoms with Crippen molar-refractivity contribution >= 4 is 11.8 Å². The van der Waals surface area contributed by atoms with Gasteiger partial charge in [0.2, 0.25) is 11.8 Å². The van der Waals surface area contributed by atoms with Crippen LogP contribution in [0.4, 0.5) is 0 Å². The van der Waals surface area contributed by atoms with Gasteiger partial charge in [-0.25, -0.2) is 0 Å². The third-order valence-electron chi connectivity index (χ3n) is 4.20. The first-order chi connectivity index (χ1) is 9.70. The molecule has 0 spiro atoms. The fraction of sp³-hybridized carbons (Fsp3) is 0.375. The van der Waals surface area contributed by atoms with Gasteiger partial charge in [0, 0.05) is 6.54 Å². The van der Waals surface area contributed by atoms with Crippen LogP contribution < -0.4 is 5.73 Å². The van der Waals surface area contributed by atoms with E-state index < -0.39 is 0 Å². The van der Waals surface area contributed by atoms with Crippen LogP contribution in [0.1, 0.15) is 24.0 Å². The Morgan fingerprint density at radius 1 is 0.950 bits per heavy atom. The minimum atomic E-state index is -0.143. The number of benzene rings is 1. The van der Waals surface area contributed by atoms with E-state index in [1.165, 1.54) is 4.90 Å². The highest BCUT2D eigenvalue weighted by Crippen LogP contribution is 2.35. The number of rotatable bonds is 3. The highest BCUT2D eigenvalue weighted by Gasteiger charge is 2.46. The predicted molar refractivity (Wildman–Crippen MR) is 75.2 cm³/mol. The van der Waals surface area contributed by atoms with Gasteiger partial charge < -0.3 is 5.73 Å². The molecule has 1 aromatic rings. The van der Waals surface area contributed by atoms with Gasteiger partial charge in [-0.1, -0.05) is 36.4 Å². The second-order valence-corrected chi connectivity index (χ2v) is 5.44. The molecule has 1 aliphatic carbocycles. The van der Waals surface area contributed by atoms with Crippen LogP contribution in [0.5, 0.6) is 0 Å². The van der Waals surface area contributed by atoms with Crippen molar-refractivity contribution in [3.05, 3.63) is 47.5 Å². The summed E-state index contributed by atoms with van der Waals surface area (Å²) >= 11 is 0. The number of nitrogens with two attached hydrogens (primary N) is 1. The van der Waals surface area contributed by atoms with Gasteiger partial charge in [0.25, 0.3) is 0 Å². The minimum Gasteiger partial charge on any atom is -0.326 e. The number of allylic oxidation sites excluding steroid dienone is 2. The molecule has 1 saturated heterocycles. The zero-order valence-electron chi connectivity index (χ0n) is 11.3. The summed E-state index contributed by atoms with van der Waals surface area (Å²) in [5.41, 5.74) is 7.58. The van der Waals surface area contributed by atoms with Crippen molar-refractivity contribution in [2.75, 3.05) is 0 Å². The Hall–Kier alpha value is -1.94. The number of imide groups is 1. The first kappa shape index (κ1) is 13.1. The lowest BCUT2D eigenvalue weighted by Gasteiger charge is -2.15. The molecule has 1 aliphatic heterocycles. The van der Waals surface area contributed by atoms with E-state index in [9.17, 15) is 9.59 Å². The van der Waals surface area contributed by atoms with Crippen LogP contribution in [0.25, 0.3) is 0 Å². The van der Waals surface area contributed by atoms with Crippen LogP contribution in [-0.4, -0.2) is 16.7 Å². The Bertz CT molecular complexity index is 536. The van der Waals surface area contributed by atoms with Gasteiger partial charge >= 0.3 is 0 Å². The number of hydrogen-bond donors (Lipinski definition) is 1.